The Morgan fingerprint density at radius 3 is 2.64 bits per heavy atom. The molecule has 0 bridgehead atoms. The number of aromatic nitrogens is 4. The normalized spacial score (nSPS) is 10.6. The number of rotatable bonds is 7. The van der Waals surface area contributed by atoms with E-state index in [1.54, 1.807) is 0 Å². The van der Waals surface area contributed by atoms with Gasteiger partial charge in [0.05, 0.1) is 5.69 Å². The fourth-order valence-corrected chi connectivity index (χ4v) is 2.38. The average molecular weight is 363 g/mol. The van der Waals surface area contributed by atoms with Gasteiger partial charge in [-0.1, -0.05) is 36.8 Å². The molecule has 0 radical (unpaired) electrons. The molecule has 0 saturated carbocycles. The highest BCUT2D eigenvalue weighted by molar-refractivity contribution is 5.85. The summed E-state index contributed by atoms with van der Waals surface area (Å²) in [6.45, 7) is 6.24. The van der Waals surface area contributed by atoms with Crippen molar-refractivity contribution in [3.05, 3.63) is 57.5 Å². The highest BCUT2D eigenvalue weighted by atomic mass is 35.5. The second-order valence-electron chi connectivity index (χ2n) is 5.81. The third-order valence-corrected chi connectivity index (χ3v) is 3.70. The van der Waals surface area contributed by atoms with Crippen LogP contribution >= 0.6 is 12.4 Å². The zero-order valence-electron chi connectivity index (χ0n) is 14.4. The van der Waals surface area contributed by atoms with Crippen molar-refractivity contribution in [2.24, 2.45) is 0 Å². The number of aromatic amines is 1. The third-order valence-electron chi connectivity index (χ3n) is 3.70. The minimum Gasteiger partial charge on any atom is -0.351 e. The van der Waals surface area contributed by atoms with E-state index in [1.165, 1.54) is 16.1 Å². The predicted molar refractivity (Wildman–Crippen MR) is 101 cm³/mol. The summed E-state index contributed by atoms with van der Waals surface area (Å²) in [5, 5.41) is 9.36. The van der Waals surface area contributed by atoms with Gasteiger partial charge in [-0.05, 0) is 25.5 Å². The summed E-state index contributed by atoms with van der Waals surface area (Å²) in [5.74, 6) is 0.904. The number of nitrogens with one attached hydrogen (secondary N) is 3. The van der Waals surface area contributed by atoms with Crippen molar-refractivity contribution >= 4 is 24.1 Å². The van der Waals surface area contributed by atoms with Crippen LogP contribution < -0.4 is 16.2 Å². The first-order chi connectivity index (χ1) is 11.7. The van der Waals surface area contributed by atoms with Gasteiger partial charge in [-0.2, -0.15) is 9.50 Å². The van der Waals surface area contributed by atoms with Crippen LogP contribution in [-0.2, 0) is 13.1 Å². The number of halogens is 1. The molecule has 8 heteroatoms. The molecule has 3 aromatic rings. The van der Waals surface area contributed by atoms with Crippen molar-refractivity contribution in [3.63, 3.8) is 0 Å². The Hall–Kier alpha value is -2.38. The van der Waals surface area contributed by atoms with Crippen LogP contribution in [0.5, 0.6) is 0 Å². The molecular formula is C17H23ClN6O. The van der Waals surface area contributed by atoms with Crippen LogP contribution in [0.4, 0.5) is 5.95 Å². The van der Waals surface area contributed by atoms with Crippen LogP contribution in [0, 0.1) is 6.92 Å². The fourth-order valence-electron chi connectivity index (χ4n) is 2.38. The van der Waals surface area contributed by atoms with E-state index in [2.05, 4.69) is 63.8 Å². The van der Waals surface area contributed by atoms with Crippen LogP contribution in [0.2, 0.25) is 0 Å². The van der Waals surface area contributed by atoms with Gasteiger partial charge in [0.2, 0.25) is 5.95 Å². The summed E-state index contributed by atoms with van der Waals surface area (Å²) in [7, 11) is 0. The van der Waals surface area contributed by atoms with Crippen LogP contribution in [0.3, 0.4) is 0 Å². The maximum Gasteiger partial charge on any atom is 0.274 e. The molecule has 3 N–H and O–H groups in total. The number of anilines is 1. The SMILES string of the molecule is CCCNCc1cc(=O)n2[nH]c(NCc3ccc(C)cc3)nc2n1.Cl. The van der Waals surface area contributed by atoms with Gasteiger partial charge >= 0.3 is 0 Å². The molecular weight excluding hydrogens is 340 g/mol. The Bertz CT molecular complexity index is 871. The van der Waals surface area contributed by atoms with Gasteiger partial charge in [0.1, 0.15) is 0 Å². The van der Waals surface area contributed by atoms with Gasteiger partial charge in [-0.25, -0.2) is 4.98 Å². The summed E-state index contributed by atoms with van der Waals surface area (Å²) in [5.41, 5.74) is 2.91. The number of nitrogens with zero attached hydrogens (tertiary/aromatic N) is 3. The maximum atomic E-state index is 12.2. The van der Waals surface area contributed by atoms with Crippen molar-refractivity contribution < 1.29 is 0 Å². The van der Waals surface area contributed by atoms with E-state index >= 15 is 0 Å². The highest BCUT2D eigenvalue weighted by Crippen LogP contribution is 2.07. The predicted octanol–water partition coefficient (Wildman–Crippen LogP) is 2.26. The molecule has 0 amide bonds. The second kappa shape index (κ2) is 8.64. The Balaban J connectivity index is 0.00000225. The van der Waals surface area contributed by atoms with E-state index in [9.17, 15) is 4.79 Å². The smallest absolute Gasteiger partial charge is 0.274 e. The Morgan fingerprint density at radius 2 is 1.92 bits per heavy atom. The molecule has 0 aliphatic heterocycles. The molecule has 0 saturated heterocycles. The van der Waals surface area contributed by atoms with Crippen molar-refractivity contribution in [1.82, 2.24) is 24.9 Å². The van der Waals surface area contributed by atoms with Crippen molar-refractivity contribution in [3.8, 4) is 0 Å². The van der Waals surface area contributed by atoms with E-state index < -0.39 is 0 Å². The van der Waals surface area contributed by atoms with Gasteiger partial charge in [0.15, 0.2) is 0 Å². The molecule has 0 unspecified atom stereocenters. The molecule has 2 heterocycles. The lowest BCUT2D eigenvalue weighted by molar-refractivity contribution is 0.661. The van der Waals surface area contributed by atoms with E-state index in [4.69, 9.17) is 0 Å². The lowest BCUT2D eigenvalue weighted by atomic mass is 10.1. The highest BCUT2D eigenvalue weighted by Gasteiger charge is 2.07. The average Bonchev–Trinajstić information content (AvgIpc) is 2.98. The molecule has 25 heavy (non-hydrogen) atoms. The van der Waals surface area contributed by atoms with Gasteiger partial charge in [0.25, 0.3) is 11.3 Å². The maximum absolute atomic E-state index is 12.2. The van der Waals surface area contributed by atoms with Crippen molar-refractivity contribution in [2.75, 3.05) is 11.9 Å². The largest absolute Gasteiger partial charge is 0.351 e. The number of hydrogen-bond donors (Lipinski definition) is 3. The van der Waals surface area contributed by atoms with Gasteiger partial charge < -0.3 is 10.6 Å². The first-order valence-corrected chi connectivity index (χ1v) is 8.14. The van der Waals surface area contributed by atoms with E-state index in [1.807, 2.05) is 0 Å². The number of benzene rings is 1. The van der Waals surface area contributed by atoms with Crippen molar-refractivity contribution in [1.29, 1.82) is 0 Å². The Labute approximate surface area is 152 Å². The van der Waals surface area contributed by atoms with Crippen LogP contribution in [0.25, 0.3) is 5.78 Å². The standard InChI is InChI=1S/C17H22N6O.ClH/c1-3-8-18-11-14-9-15(24)23-17(20-14)21-16(22-23)19-10-13-6-4-12(2)5-7-13;/h4-7,9,18H,3,8,10-11H2,1-2H3,(H2,19,20,21,22);1H. The monoisotopic (exact) mass is 362 g/mol. The quantitative estimate of drug-likeness (QED) is 0.561. The molecule has 134 valence electrons. The lowest BCUT2D eigenvalue weighted by Crippen LogP contribution is -2.20. The molecule has 0 spiro atoms. The second-order valence-corrected chi connectivity index (χ2v) is 5.81. The molecule has 7 nitrogen and oxygen atoms in total. The first-order valence-electron chi connectivity index (χ1n) is 8.14. The van der Waals surface area contributed by atoms with Crippen LogP contribution in [-0.4, -0.2) is 26.1 Å². The topological polar surface area (TPSA) is 87.1 Å². The van der Waals surface area contributed by atoms with E-state index in [-0.39, 0.29) is 18.0 Å². The Kier molecular flexibility index (Phi) is 6.55. The molecule has 0 aliphatic rings. The van der Waals surface area contributed by atoms with E-state index in [0.29, 0.717) is 30.5 Å². The number of aryl methyl sites for hydroxylation is 1. The van der Waals surface area contributed by atoms with Gasteiger partial charge in [0, 0.05) is 19.2 Å². The number of H-pyrrole nitrogens is 1. The summed E-state index contributed by atoms with van der Waals surface area (Å²) < 4.78 is 1.35. The summed E-state index contributed by atoms with van der Waals surface area (Å²) in [6, 6.07) is 9.78. The molecule has 3 rings (SSSR count). The first kappa shape index (κ1) is 19.0. The zero-order chi connectivity index (χ0) is 16.9. The Morgan fingerprint density at radius 1 is 1.16 bits per heavy atom. The van der Waals surface area contributed by atoms with Crippen LogP contribution in [0.1, 0.15) is 30.2 Å². The molecule has 0 fully saturated rings. The van der Waals surface area contributed by atoms with Gasteiger partial charge in [-0.3, -0.25) is 9.89 Å². The minimum atomic E-state index is -0.163. The van der Waals surface area contributed by atoms with Gasteiger partial charge in [-0.15, -0.1) is 12.4 Å². The summed E-state index contributed by atoms with van der Waals surface area (Å²) in [6.07, 6.45) is 1.04. The van der Waals surface area contributed by atoms with E-state index in [0.717, 1.165) is 18.5 Å². The number of fused-ring (bicyclic) bond motifs is 1. The summed E-state index contributed by atoms with van der Waals surface area (Å²) >= 11 is 0. The third kappa shape index (κ3) is 4.80. The molecule has 2 aromatic heterocycles. The van der Waals surface area contributed by atoms with Crippen LogP contribution in [0.15, 0.2) is 35.1 Å². The minimum absolute atomic E-state index is 0. The molecule has 0 aliphatic carbocycles. The van der Waals surface area contributed by atoms with Crippen molar-refractivity contribution in [2.45, 2.75) is 33.4 Å². The number of hydrogen-bond acceptors (Lipinski definition) is 5. The zero-order valence-corrected chi connectivity index (χ0v) is 15.2. The molecule has 1 aromatic carbocycles. The molecule has 0 atom stereocenters. The fraction of sp³-hybridized carbons (Fsp3) is 0.353. The summed E-state index contributed by atoms with van der Waals surface area (Å²) in [4.78, 5) is 20.9. The lowest BCUT2D eigenvalue weighted by Gasteiger charge is -2.02.